The molecule has 6 heteroatoms. The van der Waals surface area contributed by atoms with Crippen LogP contribution in [-0.2, 0) is 17.9 Å². The van der Waals surface area contributed by atoms with Gasteiger partial charge in [-0.2, -0.15) is 0 Å². The molecule has 3 heterocycles. The Labute approximate surface area is 144 Å². The number of benzene rings is 1. The maximum atomic E-state index is 12.4. The number of nitrogens with zero attached hydrogens (tertiary/aromatic N) is 3. The zero-order valence-corrected chi connectivity index (χ0v) is 13.4. The highest BCUT2D eigenvalue weighted by atomic mass is 16.3. The molecule has 1 amide bonds. The summed E-state index contributed by atoms with van der Waals surface area (Å²) in [6.07, 6.45) is 5.03. The molecule has 0 aliphatic carbocycles. The molecule has 4 aromatic rings. The van der Waals surface area contributed by atoms with Gasteiger partial charge in [0.2, 0.25) is 5.91 Å². The lowest BCUT2D eigenvalue weighted by molar-refractivity contribution is -0.121. The molecule has 3 aromatic heterocycles. The lowest BCUT2D eigenvalue weighted by atomic mass is 10.2. The third-order valence-electron chi connectivity index (χ3n) is 3.93. The summed E-state index contributed by atoms with van der Waals surface area (Å²) in [6.45, 7) is 0.544. The highest BCUT2D eigenvalue weighted by molar-refractivity contribution is 5.84. The van der Waals surface area contributed by atoms with Crippen molar-refractivity contribution in [2.45, 2.75) is 13.1 Å². The Hall–Kier alpha value is -3.41. The Morgan fingerprint density at radius 2 is 1.92 bits per heavy atom. The van der Waals surface area contributed by atoms with Crippen molar-refractivity contribution in [3.05, 3.63) is 72.9 Å². The number of furan rings is 1. The maximum absolute atomic E-state index is 12.4. The van der Waals surface area contributed by atoms with E-state index >= 15 is 0 Å². The summed E-state index contributed by atoms with van der Waals surface area (Å²) >= 11 is 0. The number of pyridine rings is 1. The zero-order valence-electron chi connectivity index (χ0n) is 13.4. The molecule has 0 aliphatic heterocycles. The van der Waals surface area contributed by atoms with Crippen LogP contribution in [0.4, 0.5) is 0 Å². The van der Waals surface area contributed by atoms with E-state index in [-0.39, 0.29) is 12.5 Å². The second-order valence-corrected chi connectivity index (χ2v) is 5.60. The fraction of sp³-hybridized carbons (Fsp3) is 0.105. The van der Waals surface area contributed by atoms with Gasteiger partial charge < -0.3 is 14.3 Å². The Balaban J connectivity index is 1.64. The first-order valence-electron chi connectivity index (χ1n) is 7.96. The number of rotatable bonds is 5. The Morgan fingerprint density at radius 3 is 2.72 bits per heavy atom. The van der Waals surface area contributed by atoms with Crippen LogP contribution in [0, 0.1) is 0 Å². The largest absolute Gasteiger partial charge is 0.467 e. The first kappa shape index (κ1) is 15.1. The van der Waals surface area contributed by atoms with Crippen LogP contribution in [0.3, 0.4) is 0 Å². The second-order valence-electron chi connectivity index (χ2n) is 5.60. The summed E-state index contributed by atoms with van der Waals surface area (Å²) in [5.41, 5.74) is 2.70. The third-order valence-corrected chi connectivity index (χ3v) is 3.93. The van der Waals surface area contributed by atoms with Gasteiger partial charge >= 0.3 is 0 Å². The van der Waals surface area contributed by atoms with Gasteiger partial charge in [-0.15, -0.1) is 0 Å². The molecule has 0 saturated carbocycles. The molecule has 0 aliphatic rings. The van der Waals surface area contributed by atoms with Crippen molar-refractivity contribution in [1.82, 2.24) is 19.9 Å². The standard InChI is InChI=1S/C19H16N4O2/c24-18(21-12-15-4-3-11-25-15)13-23-17-6-2-1-5-16(17)22-19(23)14-7-9-20-10-8-14/h1-11H,12-13H2,(H,21,24). The average Bonchev–Trinajstić information content (AvgIpc) is 3.29. The van der Waals surface area contributed by atoms with Crippen molar-refractivity contribution in [3.8, 4) is 11.4 Å². The van der Waals surface area contributed by atoms with Crippen molar-refractivity contribution in [2.24, 2.45) is 0 Å². The molecule has 0 saturated heterocycles. The number of carbonyl (C=O) groups is 1. The van der Waals surface area contributed by atoms with E-state index in [2.05, 4.69) is 15.3 Å². The van der Waals surface area contributed by atoms with Crippen LogP contribution in [0.25, 0.3) is 22.4 Å². The van der Waals surface area contributed by atoms with Crippen molar-refractivity contribution >= 4 is 16.9 Å². The van der Waals surface area contributed by atoms with Gasteiger partial charge in [-0.3, -0.25) is 9.78 Å². The number of hydrogen-bond donors (Lipinski definition) is 1. The van der Waals surface area contributed by atoms with Gasteiger partial charge in [0.25, 0.3) is 0 Å². The highest BCUT2D eigenvalue weighted by Gasteiger charge is 2.15. The predicted molar refractivity (Wildman–Crippen MR) is 93.5 cm³/mol. The number of nitrogens with one attached hydrogen (secondary N) is 1. The molecule has 4 rings (SSSR count). The van der Waals surface area contributed by atoms with Crippen molar-refractivity contribution < 1.29 is 9.21 Å². The smallest absolute Gasteiger partial charge is 0.240 e. The van der Waals surface area contributed by atoms with E-state index in [0.29, 0.717) is 6.54 Å². The minimum atomic E-state index is -0.102. The van der Waals surface area contributed by atoms with Gasteiger partial charge in [-0.1, -0.05) is 12.1 Å². The number of para-hydroxylation sites is 2. The lowest BCUT2D eigenvalue weighted by Gasteiger charge is -2.09. The quantitative estimate of drug-likeness (QED) is 0.610. The van der Waals surface area contributed by atoms with Crippen LogP contribution in [0.1, 0.15) is 5.76 Å². The maximum Gasteiger partial charge on any atom is 0.240 e. The topological polar surface area (TPSA) is 73.0 Å². The second kappa shape index (κ2) is 6.60. The number of fused-ring (bicyclic) bond motifs is 1. The molecule has 0 atom stereocenters. The molecular formula is C19H16N4O2. The fourth-order valence-electron chi connectivity index (χ4n) is 2.76. The zero-order chi connectivity index (χ0) is 17.1. The minimum absolute atomic E-state index is 0.102. The molecule has 25 heavy (non-hydrogen) atoms. The first-order valence-corrected chi connectivity index (χ1v) is 7.96. The summed E-state index contributed by atoms with van der Waals surface area (Å²) in [4.78, 5) is 21.1. The van der Waals surface area contributed by atoms with E-state index in [1.807, 2.05) is 47.0 Å². The van der Waals surface area contributed by atoms with Crippen molar-refractivity contribution in [2.75, 3.05) is 0 Å². The normalized spacial score (nSPS) is 10.9. The van der Waals surface area contributed by atoms with Gasteiger partial charge in [-0.25, -0.2) is 4.98 Å². The van der Waals surface area contributed by atoms with E-state index in [1.165, 1.54) is 0 Å². The van der Waals surface area contributed by atoms with Gasteiger partial charge in [0.1, 0.15) is 18.1 Å². The monoisotopic (exact) mass is 332 g/mol. The summed E-state index contributed by atoms with van der Waals surface area (Å²) in [7, 11) is 0. The van der Waals surface area contributed by atoms with Crippen LogP contribution < -0.4 is 5.32 Å². The van der Waals surface area contributed by atoms with E-state index in [9.17, 15) is 4.79 Å². The summed E-state index contributed by atoms with van der Waals surface area (Å²) in [6, 6.07) is 15.2. The number of carbonyl (C=O) groups excluding carboxylic acids is 1. The molecule has 0 unspecified atom stereocenters. The first-order chi connectivity index (χ1) is 12.3. The molecule has 124 valence electrons. The summed E-state index contributed by atoms with van der Waals surface area (Å²) in [5.74, 6) is 1.37. The molecule has 0 fully saturated rings. The van der Waals surface area contributed by atoms with Crippen LogP contribution in [0.5, 0.6) is 0 Å². The summed E-state index contributed by atoms with van der Waals surface area (Å²) in [5, 5.41) is 2.87. The molecule has 6 nitrogen and oxygen atoms in total. The molecule has 0 radical (unpaired) electrons. The van der Waals surface area contributed by atoms with E-state index in [4.69, 9.17) is 4.42 Å². The van der Waals surface area contributed by atoms with Gasteiger partial charge in [0, 0.05) is 18.0 Å². The average molecular weight is 332 g/mol. The van der Waals surface area contributed by atoms with Crippen molar-refractivity contribution in [3.63, 3.8) is 0 Å². The Kier molecular flexibility index (Phi) is 4.00. The lowest BCUT2D eigenvalue weighted by Crippen LogP contribution is -2.27. The van der Waals surface area contributed by atoms with Crippen LogP contribution in [0.15, 0.2) is 71.6 Å². The molecule has 1 N–H and O–H groups in total. The number of aromatic nitrogens is 3. The minimum Gasteiger partial charge on any atom is -0.467 e. The number of amides is 1. The van der Waals surface area contributed by atoms with Crippen LogP contribution >= 0.6 is 0 Å². The molecule has 0 spiro atoms. The SMILES string of the molecule is O=C(Cn1c(-c2ccncc2)nc2ccccc21)NCc1ccco1. The van der Waals surface area contributed by atoms with E-state index < -0.39 is 0 Å². The highest BCUT2D eigenvalue weighted by Crippen LogP contribution is 2.24. The van der Waals surface area contributed by atoms with Crippen LogP contribution in [-0.4, -0.2) is 20.4 Å². The van der Waals surface area contributed by atoms with Gasteiger partial charge in [-0.05, 0) is 36.4 Å². The third kappa shape index (κ3) is 3.14. The number of hydrogen-bond acceptors (Lipinski definition) is 4. The molecular weight excluding hydrogens is 316 g/mol. The van der Waals surface area contributed by atoms with Crippen molar-refractivity contribution in [1.29, 1.82) is 0 Å². The van der Waals surface area contributed by atoms with E-state index in [1.54, 1.807) is 24.7 Å². The van der Waals surface area contributed by atoms with Gasteiger partial charge in [0.15, 0.2) is 0 Å². The molecule has 1 aromatic carbocycles. The van der Waals surface area contributed by atoms with E-state index in [0.717, 1.165) is 28.2 Å². The predicted octanol–water partition coefficient (Wildman–Crippen LogP) is 3.01. The number of imidazole rings is 1. The Bertz CT molecular complexity index is 991. The fourth-order valence-corrected chi connectivity index (χ4v) is 2.76. The molecule has 0 bridgehead atoms. The van der Waals surface area contributed by atoms with Crippen LogP contribution in [0.2, 0.25) is 0 Å². The summed E-state index contributed by atoms with van der Waals surface area (Å²) < 4.78 is 7.16. The Morgan fingerprint density at radius 1 is 1.08 bits per heavy atom. The van der Waals surface area contributed by atoms with Gasteiger partial charge in [0.05, 0.1) is 23.8 Å².